The number of nitrogens with one attached hydrogen (secondary N) is 1. The minimum atomic E-state index is -0.691. The third kappa shape index (κ3) is 6.58. The first-order chi connectivity index (χ1) is 12.4. The van der Waals surface area contributed by atoms with E-state index >= 15 is 0 Å². The second kappa shape index (κ2) is 10.9. The van der Waals surface area contributed by atoms with Crippen molar-refractivity contribution >= 4 is 11.9 Å². The Hall–Kier alpha value is -2.83. The average Bonchev–Trinajstić information content (AvgIpc) is 2.60. The maximum atomic E-state index is 12.1. The third-order valence-corrected chi connectivity index (χ3v) is 3.52. The van der Waals surface area contributed by atoms with Crippen molar-refractivity contribution in [2.75, 3.05) is 13.7 Å². The van der Waals surface area contributed by atoms with Crippen molar-refractivity contribution in [1.82, 2.24) is 10.3 Å². The molecule has 7 nitrogen and oxygen atoms in total. The molecule has 7 heteroatoms. The summed E-state index contributed by atoms with van der Waals surface area (Å²) in [5, 5.41) is 12.3. The maximum absolute atomic E-state index is 12.1. The van der Waals surface area contributed by atoms with E-state index in [-0.39, 0.29) is 29.8 Å². The predicted octanol–water partition coefficient (Wildman–Crippen LogP) is 2.76. The Labute approximate surface area is 153 Å². The first kappa shape index (κ1) is 21.2. The predicted molar refractivity (Wildman–Crippen MR) is 98.1 cm³/mol. The minimum Gasteiger partial charge on any atom is -0.503 e. The van der Waals surface area contributed by atoms with Gasteiger partial charge in [-0.25, -0.2) is 4.98 Å². The summed E-state index contributed by atoms with van der Waals surface area (Å²) < 4.78 is 10.2. The maximum Gasteiger partial charge on any atom is 0.325 e. The molecule has 1 unspecified atom stereocenters. The minimum absolute atomic E-state index is 0.124. The van der Waals surface area contributed by atoms with E-state index < -0.39 is 11.9 Å². The fraction of sp³-hybridized carbons (Fsp3) is 0.421. The smallest absolute Gasteiger partial charge is 0.325 e. The number of allylic oxidation sites excluding steroid dienone is 2. The number of ether oxygens (including phenoxy) is 2. The van der Waals surface area contributed by atoms with Gasteiger partial charge in [-0.2, -0.15) is 0 Å². The molecule has 2 N–H and O–H groups in total. The number of amides is 1. The number of hydrogen-bond acceptors (Lipinski definition) is 6. The summed E-state index contributed by atoms with van der Waals surface area (Å²) in [6.07, 6.45) is 7.16. The van der Waals surface area contributed by atoms with Gasteiger partial charge in [-0.15, -0.1) is 0 Å². The number of rotatable bonds is 10. The summed E-state index contributed by atoms with van der Waals surface area (Å²) >= 11 is 0. The molecular formula is C19H26N2O5. The summed E-state index contributed by atoms with van der Waals surface area (Å²) in [6.45, 7) is 7.23. The van der Waals surface area contributed by atoms with Gasteiger partial charge in [0.15, 0.2) is 17.2 Å². The number of hydrogen-bond donors (Lipinski definition) is 2. The fourth-order valence-electron chi connectivity index (χ4n) is 2.42. The van der Waals surface area contributed by atoms with Gasteiger partial charge in [-0.3, -0.25) is 9.59 Å². The monoisotopic (exact) mass is 362 g/mol. The standard InChI is InChI=1S/C19H26N2O5/c1-5-7-14(8-6-2)11-13(3)26-16(22)12-21-19(24)17-18(23)15(25-4)9-10-20-17/h5,7,9-10,13,23H,1,6,8,11-12H2,2-4H3,(H,21,24)/b14-7+. The lowest BCUT2D eigenvalue weighted by Gasteiger charge is -2.15. The van der Waals surface area contributed by atoms with Crippen LogP contribution in [0.4, 0.5) is 0 Å². The van der Waals surface area contributed by atoms with Crippen LogP contribution >= 0.6 is 0 Å². The van der Waals surface area contributed by atoms with E-state index in [1.54, 1.807) is 13.0 Å². The molecule has 142 valence electrons. The second-order valence-electron chi connectivity index (χ2n) is 5.71. The largest absolute Gasteiger partial charge is 0.503 e. The van der Waals surface area contributed by atoms with Crippen LogP contribution in [0.3, 0.4) is 0 Å². The summed E-state index contributed by atoms with van der Waals surface area (Å²) in [5.74, 6) is -1.52. The van der Waals surface area contributed by atoms with Gasteiger partial charge in [0.25, 0.3) is 5.91 Å². The summed E-state index contributed by atoms with van der Waals surface area (Å²) in [7, 11) is 1.36. The Morgan fingerprint density at radius 1 is 1.46 bits per heavy atom. The number of pyridine rings is 1. The highest BCUT2D eigenvalue weighted by Crippen LogP contribution is 2.27. The molecule has 1 amide bonds. The number of esters is 1. The van der Waals surface area contributed by atoms with E-state index in [1.165, 1.54) is 19.4 Å². The molecule has 0 fully saturated rings. The quantitative estimate of drug-likeness (QED) is 0.491. The number of nitrogens with zero attached hydrogens (tertiary/aromatic N) is 1. The van der Waals surface area contributed by atoms with Gasteiger partial charge in [-0.05, 0) is 13.3 Å². The van der Waals surface area contributed by atoms with Crippen molar-refractivity contribution in [1.29, 1.82) is 0 Å². The number of carbonyl (C=O) groups excluding carboxylic acids is 2. The molecule has 1 aromatic rings. The molecule has 1 atom stereocenters. The molecule has 0 saturated carbocycles. The molecule has 26 heavy (non-hydrogen) atoms. The lowest BCUT2D eigenvalue weighted by atomic mass is 10.0. The molecule has 1 aromatic heterocycles. The van der Waals surface area contributed by atoms with Crippen LogP contribution < -0.4 is 10.1 Å². The average molecular weight is 362 g/mol. The van der Waals surface area contributed by atoms with Gasteiger partial charge in [-0.1, -0.05) is 37.6 Å². The van der Waals surface area contributed by atoms with Gasteiger partial charge in [0.2, 0.25) is 0 Å². The molecule has 0 saturated heterocycles. The van der Waals surface area contributed by atoms with Crippen molar-refractivity contribution in [3.63, 3.8) is 0 Å². The molecule has 0 aromatic carbocycles. The van der Waals surface area contributed by atoms with E-state index in [0.717, 1.165) is 18.4 Å². The zero-order valence-corrected chi connectivity index (χ0v) is 15.4. The molecule has 0 aliphatic rings. The highest BCUT2D eigenvalue weighted by atomic mass is 16.5. The summed E-state index contributed by atoms with van der Waals surface area (Å²) in [5.41, 5.74) is 0.932. The van der Waals surface area contributed by atoms with Crippen LogP contribution in [0.15, 0.2) is 36.6 Å². The molecule has 0 aliphatic carbocycles. The first-order valence-electron chi connectivity index (χ1n) is 8.43. The van der Waals surface area contributed by atoms with Crippen LogP contribution in [-0.2, 0) is 9.53 Å². The van der Waals surface area contributed by atoms with Gasteiger partial charge < -0.3 is 19.9 Å². The third-order valence-electron chi connectivity index (χ3n) is 3.52. The van der Waals surface area contributed by atoms with Gasteiger partial charge in [0.1, 0.15) is 12.6 Å². The second-order valence-corrected chi connectivity index (χ2v) is 5.71. The first-order valence-corrected chi connectivity index (χ1v) is 8.43. The number of aromatic nitrogens is 1. The van der Waals surface area contributed by atoms with Crippen LogP contribution in [0.5, 0.6) is 11.5 Å². The molecule has 1 rings (SSSR count). The molecule has 1 heterocycles. The Kier molecular flexibility index (Phi) is 8.91. The molecule has 0 radical (unpaired) electrons. The zero-order valence-electron chi connectivity index (χ0n) is 15.4. The van der Waals surface area contributed by atoms with Crippen LogP contribution in [0.1, 0.15) is 43.6 Å². The Morgan fingerprint density at radius 3 is 2.81 bits per heavy atom. The SMILES string of the molecule is C=C/C=C(\CCC)CC(C)OC(=O)CNC(=O)c1nccc(OC)c1O. The highest BCUT2D eigenvalue weighted by Gasteiger charge is 2.18. The van der Waals surface area contributed by atoms with Gasteiger partial charge in [0, 0.05) is 18.7 Å². The van der Waals surface area contributed by atoms with Crippen molar-refractivity contribution in [2.45, 2.75) is 39.2 Å². The van der Waals surface area contributed by atoms with Crippen LogP contribution in [0, 0.1) is 0 Å². The molecular weight excluding hydrogens is 336 g/mol. The van der Waals surface area contributed by atoms with Crippen molar-refractivity contribution in [3.8, 4) is 11.5 Å². The lowest BCUT2D eigenvalue weighted by Crippen LogP contribution is -2.32. The number of carbonyl (C=O) groups is 2. The highest BCUT2D eigenvalue weighted by molar-refractivity contribution is 5.97. The number of methoxy groups -OCH3 is 1. The fourth-order valence-corrected chi connectivity index (χ4v) is 2.42. The van der Waals surface area contributed by atoms with E-state index in [4.69, 9.17) is 9.47 Å². The molecule has 0 spiro atoms. The van der Waals surface area contributed by atoms with Crippen molar-refractivity contribution in [2.24, 2.45) is 0 Å². The van der Waals surface area contributed by atoms with Crippen molar-refractivity contribution < 1.29 is 24.2 Å². The molecule has 0 bridgehead atoms. The van der Waals surface area contributed by atoms with E-state index in [0.29, 0.717) is 6.42 Å². The Morgan fingerprint density at radius 2 is 2.19 bits per heavy atom. The number of aromatic hydroxyl groups is 1. The normalized spacial score (nSPS) is 12.2. The lowest BCUT2D eigenvalue weighted by molar-refractivity contribution is -0.146. The van der Waals surface area contributed by atoms with Gasteiger partial charge in [0.05, 0.1) is 7.11 Å². The topological polar surface area (TPSA) is 97.8 Å². The molecule has 0 aliphatic heterocycles. The van der Waals surface area contributed by atoms with Gasteiger partial charge >= 0.3 is 5.97 Å². The van der Waals surface area contributed by atoms with Crippen molar-refractivity contribution in [3.05, 3.63) is 42.3 Å². The Balaban J connectivity index is 2.55. The van der Waals surface area contributed by atoms with E-state index in [9.17, 15) is 14.7 Å². The Bertz CT molecular complexity index is 670. The van der Waals surface area contributed by atoms with Crippen LogP contribution in [0.25, 0.3) is 0 Å². The van der Waals surface area contributed by atoms with E-state index in [2.05, 4.69) is 23.8 Å². The summed E-state index contributed by atoms with van der Waals surface area (Å²) in [6, 6.07) is 1.42. The van der Waals surface area contributed by atoms with Crippen LogP contribution in [-0.4, -0.2) is 41.7 Å². The summed E-state index contributed by atoms with van der Waals surface area (Å²) in [4.78, 5) is 27.8. The zero-order chi connectivity index (χ0) is 19.5. The van der Waals surface area contributed by atoms with Crippen LogP contribution in [0.2, 0.25) is 0 Å². The van der Waals surface area contributed by atoms with E-state index in [1.807, 2.05) is 6.08 Å².